The van der Waals surface area contributed by atoms with Crippen LogP contribution in [-0.2, 0) is 9.59 Å². The maximum absolute atomic E-state index is 10.5. The lowest BCUT2D eigenvalue weighted by molar-refractivity contribution is -0.137. The Morgan fingerprint density at radius 3 is 2.50 bits per heavy atom. The third-order valence-electron chi connectivity index (χ3n) is 1.80. The molecule has 0 aliphatic heterocycles. The molecule has 2 N–H and O–H groups in total. The van der Waals surface area contributed by atoms with Crippen LogP contribution in [0.3, 0.4) is 0 Å². The summed E-state index contributed by atoms with van der Waals surface area (Å²) in [5, 5.41) is 11.1. The number of carbonyl (C=O) groups is 2. The van der Waals surface area contributed by atoms with Crippen LogP contribution in [0.1, 0.15) is 19.8 Å². The van der Waals surface area contributed by atoms with Crippen molar-refractivity contribution in [2.45, 2.75) is 19.8 Å². The number of hydrogen-bond acceptors (Lipinski definition) is 3. The molecule has 82 valence electrons. The average molecular weight is 202 g/mol. The van der Waals surface area contributed by atoms with E-state index in [9.17, 15) is 9.59 Å². The maximum atomic E-state index is 10.5. The molecule has 0 aromatic heterocycles. The molecule has 0 fully saturated rings. The second kappa shape index (κ2) is 7.32. The molecular weight excluding hydrogens is 184 g/mol. The van der Waals surface area contributed by atoms with Gasteiger partial charge in [0.2, 0.25) is 5.91 Å². The highest BCUT2D eigenvalue weighted by Crippen LogP contribution is 1.89. The summed E-state index contributed by atoms with van der Waals surface area (Å²) in [6, 6.07) is 0. The Kier molecular flexibility index (Phi) is 6.74. The van der Waals surface area contributed by atoms with Crippen LogP contribution >= 0.6 is 0 Å². The number of carbonyl (C=O) groups excluding carboxylic acids is 1. The second-order valence-electron chi connectivity index (χ2n) is 3.28. The SMILES string of the molecule is CC(=O)NCCCN(C)CCC(=O)O. The van der Waals surface area contributed by atoms with E-state index < -0.39 is 5.97 Å². The minimum Gasteiger partial charge on any atom is -0.481 e. The van der Waals surface area contributed by atoms with Crippen LogP contribution in [0.5, 0.6) is 0 Å². The van der Waals surface area contributed by atoms with E-state index in [2.05, 4.69) is 5.32 Å². The highest BCUT2D eigenvalue weighted by molar-refractivity contribution is 5.72. The fraction of sp³-hybridized carbons (Fsp3) is 0.778. The van der Waals surface area contributed by atoms with Gasteiger partial charge in [0, 0.05) is 20.0 Å². The first-order valence-electron chi connectivity index (χ1n) is 4.67. The monoisotopic (exact) mass is 202 g/mol. The average Bonchev–Trinajstić information content (AvgIpc) is 2.08. The summed E-state index contributed by atoms with van der Waals surface area (Å²) in [6.45, 7) is 3.48. The zero-order chi connectivity index (χ0) is 11.0. The number of nitrogens with zero attached hydrogens (tertiary/aromatic N) is 1. The number of aliphatic carboxylic acids is 1. The van der Waals surface area contributed by atoms with Crippen molar-refractivity contribution >= 4 is 11.9 Å². The van der Waals surface area contributed by atoms with Crippen molar-refractivity contribution in [3.8, 4) is 0 Å². The van der Waals surface area contributed by atoms with Crippen molar-refractivity contribution in [3.63, 3.8) is 0 Å². The lowest BCUT2D eigenvalue weighted by Gasteiger charge is -2.14. The van der Waals surface area contributed by atoms with E-state index in [0.29, 0.717) is 13.1 Å². The van der Waals surface area contributed by atoms with Crippen LogP contribution in [0.2, 0.25) is 0 Å². The van der Waals surface area contributed by atoms with Crippen LogP contribution in [0.4, 0.5) is 0 Å². The molecule has 0 aromatic carbocycles. The van der Waals surface area contributed by atoms with Crippen LogP contribution in [0, 0.1) is 0 Å². The molecule has 0 atom stereocenters. The highest BCUT2D eigenvalue weighted by Gasteiger charge is 2.01. The van der Waals surface area contributed by atoms with E-state index in [0.717, 1.165) is 13.0 Å². The Balaban J connectivity index is 3.30. The lowest BCUT2D eigenvalue weighted by Crippen LogP contribution is -2.27. The molecule has 0 heterocycles. The molecule has 0 bridgehead atoms. The minimum absolute atomic E-state index is 0.0295. The van der Waals surface area contributed by atoms with Crippen molar-refractivity contribution in [2.75, 3.05) is 26.7 Å². The topological polar surface area (TPSA) is 69.6 Å². The van der Waals surface area contributed by atoms with E-state index in [1.54, 1.807) is 0 Å². The van der Waals surface area contributed by atoms with Gasteiger partial charge in [0.05, 0.1) is 6.42 Å². The van der Waals surface area contributed by atoms with Gasteiger partial charge in [-0.15, -0.1) is 0 Å². The van der Waals surface area contributed by atoms with Crippen molar-refractivity contribution in [1.82, 2.24) is 10.2 Å². The van der Waals surface area contributed by atoms with E-state index in [1.807, 2.05) is 11.9 Å². The number of hydrogen-bond donors (Lipinski definition) is 2. The summed E-state index contributed by atoms with van der Waals surface area (Å²) in [4.78, 5) is 22.7. The molecular formula is C9H18N2O3. The molecule has 0 aliphatic carbocycles. The molecule has 0 aromatic rings. The quantitative estimate of drug-likeness (QED) is 0.566. The summed E-state index contributed by atoms with van der Waals surface area (Å²) in [5.41, 5.74) is 0. The molecule has 0 saturated heterocycles. The maximum Gasteiger partial charge on any atom is 0.304 e. The fourth-order valence-electron chi connectivity index (χ4n) is 1.01. The Labute approximate surface area is 84.1 Å². The first-order chi connectivity index (χ1) is 6.52. The molecule has 1 amide bonds. The van der Waals surface area contributed by atoms with Crippen LogP contribution < -0.4 is 5.32 Å². The molecule has 0 radical (unpaired) electrons. The first kappa shape index (κ1) is 12.9. The number of carboxylic acids is 1. The zero-order valence-electron chi connectivity index (χ0n) is 8.75. The van der Waals surface area contributed by atoms with Gasteiger partial charge in [0.1, 0.15) is 0 Å². The third-order valence-corrected chi connectivity index (χ3v) is 1.80. The Bertz CT molecular complexity index is 194. The normalized spacial score (nSPS) is 10.2. The van der Waals surface area contributed by atoms with E-state index >= 15 is 0 Å². The summed E-state index contributed by atoms with van der Waals surface area (Å²) in [5.74, 6) is -0.808. The van der Waals surface area contributed by atoms with Gasteiger partial charge in [-0.2, -0.15) is 0 Å². The number of amides is 1. The molecule has 5 nitrogen and oxygen atoms in total. The van der Waals surface area contributed by atoms with Gasteiger partial charge in [-0.05, 0) is 20.0 Å². The standard InChI is InChI=1S/C9H18N2O3/c1-8(12)10-5-3-6-11(2)7-4-9(13)14/h3-7H2,1-2H3,(H,10,12)(H,13,14). The fourth-order valence-corrected chi connectivity index (χ4v) is 1.01. The molecule has 5 heteroatoms. The lowest BCUT2D eigenvalue weighted by atomic mass is 10.3. The first-order valence-corrected chi connectivity index (χ1v) is 4.67. The van der Waals surface area contributed by atoms with Crippen LogP contribution in [0.15, 0.2) is 0 Å². The molecule has 0 spiro atoms. The molecule has 0 saturated carbocycles. The second-order valence-corrected chi connectivity index (χ2v) is 3.28. The Morgan fingerprint density at radius 2 is 2.00 bits per heavy atom. The van der Waals surface area contributed by atoms with Gasteiger partial charge >= 0.3 is 5.97 Å². The van der Waals surface area contributed by atoms with E-state index in [-0.39, 0.29) is 12.3 Å². The Hall–Kier alpha value is -1.10. The summed E-state index contributed by atoms with van der Waals surface area (Å²) < 4.78 is 0. The zero-order valence-corrected chi connectivity index (χ0v) is 8.75. The van der Waals surface area contributed by atoms with Crippen molar-refractivity contribution in [3.05, 3.63) is 0 Å². The van der Waals surface area contributed by atoms with Crippen LogP contribution in [0.25, 0.3) is 0 Å². The highest BCUT2D eigenvalue weighted by atomic mass is 16.4. The third kappa shape index (κ3) is 8.99. The molecule has 14 heavy (non-hydrogen) atoms. The van der Waals surface area contributed by atoms with Gasteiger partial charge in [0.25, 0.3) is 0 Å². The number of carboxylic acid groups (broad SMARTS) is 1. The summed E-state index contributed by atoms with van der Waals surface area (Å²) in [6.07, 6.45) is 1.01. The van der Waals surface area contributed by atoms with Crippen molar-refractivity contribution in [1.29, 1.82) is 0 Å². The Morgan fingerprint density at radius 1 is 1.36 bits per heavy atom. The van der Waals surface area contributed by atoms with Gasteiger partial charge in [-0.1, -0.05) is 0 Å². The van der Waals surface area contributed by atoms with Crippen LogP contribution in [-0.4, -0.2) is 48.6 Å². The van der Waals surface area contributed by atoms with Gasteiger partial charge in [0.15, 0.2) is 0 Å². The van der Waals surface area contributed by atoms with Gasteiger partial charge in [-0.25, -0.2) is 0 Å². The molecule has 0 aliphatic rings. The number of rotatable bonds is 7. The summed E-state index contributed by atoms with van der Waals surface area (Å²) in [7, 11) is 1.87. The predicted octanol–water partition coefficient (Wildman–Crippen LogP) is -0.0809. The predicted molar refractivity (Wildman–Crippen MR) is 53.1 cm³/mol. The van der Waals surface area contributed by atoms with Gasteiger partial charge < -0.3 is 15.3 Å². The van der Waals surface area contributed by atoms with E-state index in [1.165, 1.54) is 6.92 Å². The molecule has 0 rings (SSSR count). The minimum atomic E-state index is -0.779. The largest absolute Gasteiger partial charge is 0.481 e. The van der Waals surface area contributed by atoms with Gasteiger partial charge in [-0.3, -0.25) is 9.59 Å². The van der Waals surface area contributed by atoms with Crippen molar-refractivity contribution < 1.29 is 14.7 Å². The van der Waals surface area contributed by atoms with E-state index in [4.69, 9.17) is 5.11 Å². The molecule has 0 unspecified atom stereocenters. The smallest absolute Gasteiger partial charge is 0.304 e. The van der Waals surface area contributed by atoms with Crippen molar-refractivity contribution in [2.24, 2.45) is 0 Å². The summed E-state index contributed by atoms with van der Waals surface area (Å²) >= 11 is 0. The number of nitrogens with one attached hydrogen (secondary N) is 1.